The van der Waals surface area contributed by atoms with Crippen LogP contribution in [0.4, 0.5) is 0 Å². The third-order valence-electron chi connectivity index (χ3n) is 2.72. The Kier molecular flexibility index (Phi) is 3.93. The molecule has 2 N–H and O–H groups in total. The molecule has 0 aliphatic carbocycles. The van der Waals surface area contributed by atoms with Crippen LogP contribution in [0.3, 0.4) is 0 Å². The Balaban J connectivity index is 2.14. The summed E-state index contributed by atoms with van der Waals surface area (Å²) in [6, 6.07) is 6.80. The van der Waals surface area contributed by atoms with Crippen molar-refractivity contribution in [2.45, 2.75) is 12.5 Å². The summed E-state index contributed by atoms with van der Waals surface area (Å²) in [4.78, 5) is 25.1. The van der Waals surface area contributed by atoms with Crippen molar-refractivity contribution in [2.24, 2.45) is 5.73 Å². The zero-order valence-corrected chi connectivity index (χ0v) is 11.3. The zero-order valence-electron chi connectivity index (χ0n) is 9.67. The highest BCUT2D eigenvalue weighted by Gasteiger charge is 2.33. The lowest BCUT2D eigenvalue weighted by atomic mass is 10.1. The quantitative estimate of drug-likeness (QED) is 0.682. The normalized spacial score (nSPS) is 16.4. The van der Waals surface area contributed by atoms with Gasteiger partial charge in [-0.3, -0.25) is 9.59 Å². The molecule has 18 heavy (non-hydrogen) atoms. The molecule has 0 aromatic heterocycles. The number of amides is 2. The highest BCUT2D eigenvalue weighted by molar-refractivity contribution is 9.09. The first-order valence-electron chi connectivity index (χ1n) is 5.60. The van der Waals surface area contributed by atoms with Crippen LogP contribution >= 0.6 is 15.9 Å². The minimum absolute atomic E-state index is 0.0172. The van der Waals surface area contributed by atoms with Gasteiger partial charge in [0.05, 0.1) is 11.1 Å². The monoisotopic (exact) mass is 308 g/mol. The number of nitrogens with two attached hydrogens (primary N) is 1. The fourth-order valence-electron chi connectivity index (χ4n) is 1.75. The van der Waals surface area contributed by atoms with Gasteiger partial charge in [-0.05, 0) is 18.6 Å². The van der Waals surface area contributed by atoms with E-state index in [2.05, 4.69) is 15.9 Å². The molecule has 1 aliphatic heterocycles. The minimum atomic E-state index is -0.278. The van der Waals surface area contributed by atoms with Gasteiger partial charge in [0.1, 0.15) is 0 Å². The predicted octanol–water partition coefficient (Wildman–Crippen LogP) is 1.91. The fraction of sp³-hybridized carbons (Fsp3) is 0.231. The SMILES string of the molecule is NC(CBr)CC=CN1C(=O)c2ccccc2C1=O. The van der Waals surface area contributed by atoms with Crippen LogP contribution in [0, 0.1) is 0 Å². The summed E-state index contributed by atoms with van der Waals surface area (Å²) in [5.41, 5.74) is 6.64. The Labute approximate surface area is 114 Å². The maximum atomic E-state index is 12.0. The van der Waals surface area contributed by atoms with Crippen LogP contribution in [0.5, 0.6) is 0 Å². The number of hydrogen-bond donors (Lipinski definition) is 1. The van der Waals surface area contributed by atoms with Gasteiger partial charge in [0.25, 0.3) is 11.8 Å². The fourth-order valence-corrected chi connectivity index (χ4v) is 2.01. The standard InChI is InChI=1S/C13H13BrN2O2/c14-8-9(15)4-3-7-16-12(17)10-5-1-2-6-11(10)13(16)18/h1-3,5-7,9H,4,8,15H2. The van der Waals surface area contributed by atoms with Crippen LogP contribution in [-0.4, -0.2) is 28.1 Å². The molecule has 2 rings (SSSR count). The number of alkyl halides is 1. The first-order chi connectivity index (χ1) is 8.65. The Hall–Kier alpha value is -1.46. The maximum Gasteiger partial charge on any atom is 0.265 e. The zero-order chi connectivity index (χ0) is 13.1. The highest BCUT2D eigenvalue weighted by Crippen LogP contribution is 2.22. The number of hydrogen-bond acceptors (Lipinski definition) is 3. The average molecular weight is 309 g/mol. The second-order valence-electron chi connectivity index (χ2n) is 4.06. The number of imide groups is 1. The second-order valence-corrected chi connectivity index (χ2v) is 4.71. The van der Waals surface area contributed by atoms with Gasteiger partial charge in [-0.2, -0.15) is 0 Å². The highest BCUT2D eigenvalue weighted by atomic mass is 79.9. The molecule has 1 atom stereocenters. The largest absolute Gasteiger partial charge is 0.327 e. The molecule has 1 aromatic rings. The topological polar surface area (TPSA) is 63.4 Å². The summed E-state index contributed by atoms with van der Waals surface area (Å²) in [6.07, 6.45) is 3.86. The molecular formula is C13H13BrN2O2. The molecule has 4 nitrogen and oxygen atoms in total. The average Bonchev–Trinajstić information content (AvgIpc) is 2.64. The Morgan fingerprint density at radius 1 is 1.22 bits per heavy atom. The summed E-state index contributed by atoms with van der Waals surface area (Å²) < 4.78 is 0. The van der Waals surface area contributed by atoms with Crippen LogP contribution < -0.4 is 5.73 Å². The number of halogens is 1. The Morgan fingerprint density at radius 2 is 1.78 bits per heavy atom. The number of carbonyl (C=O) groups is 2. The number of rotatable bonds is 4. The smallest absolute Gasteiger partial charge is 0.265 e. The van der Waals surface area contributed by atoms with Gasteiger partial charge in [-0.25, -0.2) is 4.90 Å². The van der Waals surface area contributed by atoms with Crippen LogP contribution in [0.2, 0.25) is 0 Å². The molecule has 0 saturated carbocycles. The maximum absolute atomic E-state index is 12.0. The van der Waals surface area contributed by atoms with Crippen molar-refractivity contribution in [2.75, 3.05) is 5.33 Å². The third-order valence-corrected chi connectivity index (χ3v) is 3.55. The lowest BCUT2D eigenvalue weighted by Crippen LogP contribution is -2.24. The van der Waals surface area contributed by atoms with Gasteiger partial charge in [0.15, 0.2) is 0 Å². The third kappa shape index (κ3) is 2.37. The molecule has 0 spiro atoms. The van der Waals surface area contributed by atoms with Crippen molar-refractivity contribution in [3.05, 3.63) is 47.7 Å². The van der Waals surface area contributed by atoms with Gasteiger partial charge in [0, 0.05) is 17.6 Å². The second kappa shape index (κ2) is 5.46. The van der Waals surface area contributed by atoms with Gasteiger partial charge >= 0.3 is 0 Å². The van der Waals surface area contributed by atoms with Crippen molar-refractivity contribution < 1.29 is 9.59 Å². The lowest BCUT2D eigenvalue weighted by molar-refractivity contribution is 0.0721. The van der Waals surface area contributed by atoms with Crippen LogP contribution in [0.15, 0.2) is 36.5 Å². The van der Waals surface area contributed by atoms with Crippen molar-refractivity contribution >= 4 is 27.7 Å². The van der Waals surface area contributed by atoms with Crippen molar-refractivity contribution in [1.82, 2.24) is 4.90 Å². The van der Waals surface area contributed by atoms with E-state index in [1.54, 1.807) is 30.3 Å². The van der Waals surface area contributed by atoms with E-state index in [0.717, 1.165) is 4.90 Å². The molecule has 1 aromatic carbocycles. The summed E-state index contributed by atoms with van der Waals surface area (Å²) in [5, 5.41) is 0.680. The molecule has 1 aliphatic rings. The Morgan fingerprint density at radius 3 is 2.28 bits per heavy atom. The summed E-state index contributed by atoms with van der Waals surface area (Å²) in [5.74, 6) is -0.557. The summed E-state index contributed by atoms with van der Waals surface area (Å²) >= 11 is 3.27. The number of nitrogens with zero attached hydrogens (tertiary/aromatic N) is 1. The Bertz CT molecular complexity index is 478. The van der Waals surface area contributed by atoms with Crippen molar-refractivity contribution in [3.63, 3.8) is 0 Å². The van der Waals surface area contributed by atoms with Crippen molar-refractivity contribution in [3.8, 4) is 0 Å². The molecule has 1 unspecified atom stereocenters. The van der Waals surface area contributed by atoms with E-state index in [9.17, 15) is 9.59 Å². The van der Waals surface area contributed by atoms with Gasteiger partial charge in [-0.15, -0.1) is 0 Å². The molecule has 0 bridgehead atoms. The molecule has 1 heterocycles. The number of fused-ring (bicyclic) bond motifs is 1. The van der Waals surface area contributed by atoms with E-state index in [1.165, 1.54) is 6.20 Å². The number of carbonyl (C=O) groups excluding carboxylic acids is 2. The minimum Gasteiger partial charge on any atom is -0.327 e. The van der Waals surface area contributed by atoms with Crippen molar-refractivity contribution in [1.29, 1.82) is 0 Å². The van der Waals surface area contributed by atoms with E-state index in [1.807, 2.05) is 0 Å². The van der Waals surface area contributed by atoms with E-state index >= 15 is 0 Å². The number of benzene rings is 1. The van der Waals surface area contributed by atoms with Gasteiger partial charge in [-0.1, -0.05) is 34.1 Å². The molecule has 5 heteroatoms. The molecular weight excluding hydrogens is 296 g/mol. The van der Waals surface area contributed by atoms with Gasteiger partial charge < -0.3 is 5.73 Å². The van der Waals surface area contributed by atoms with Crippen LogP contribution in [-0.2, 0) is 0 Å². The van der Waals surface area contributed by atoms with E-state index < -0.39 is 0 Å². The molecule has 0 saturated heterocycles. The van der Waals surface area contributed by atoms with Crippen LogP contribution in [0.25, 0.3) is 0 Å². The molecule has 0 radical (unpaired) electrons. The first-order valence-corrected chi connectivity index (χ1v) is 6.72. The molecule has 2 amide bonds. The predicted molar refractivity (Wildman–Crippen MR) is 72.5 cm³/mol. The van der Waals surface area contributed by atoms with Gasteiger partial charge in [0.2, 0.25) is 0 Å². The lowest BCUT2D eigenvalue weighted by Gasteiger charge is -2.08. The molecule has 94 valence electrons. The van der Waals surface area contributed by atoms with E-state index in [0.29, 0.717) is 22.9 Å². The first kappa shape index (κ1) is 13.0. The van der Waals surface area contributed by atoms with E-state index in [-0.39, 0.29) is 17.9 Å². The summed E-state index contributed by atoms with van der Waals surface area (Å²) in [7, 11) is 0. The molecule has 0 fully saturated rings. The van der Waals surface area contributed by atoms with E-state index in [4.69, 9.17) is 5.73 Å². The van der Waals surface area contributed by atoms with Crippen LogP contribution in [0.1, 0.15) is 27.1 Å². The summed E-state index contributed by atoms with van der Waals surface area (Å²) in [6.45, 7) is 0.